The molecule has 3 amide bonds. The molecule has 0 bridgehead atoms. The van der Waals surface area contributed by atoms with Crippen molar-refractivity contribution in [2.24, 2.45) is 0 Å². The third-order valence-electron chi connectivity index (χ3n) is 4.91. The van der Waals surface area contributed by atoms with Gasteiger partial charge in [-0.2, -0.15) is 0 Å². The van der Waals surface area contributed by atoms with Gasteiger partial charge >= 0.3 is 6.03 Å². The van der Waals surface area contributed by atoms with Crippen LogP contribution in [-0.4, -0.2) is 30.4 Å². The first-order chi connectivity index (χ1) is 12.5. The lowest BCUT2D eigenvalue weighted by molar-refractivity contribution is -0.114. The Morgan fingerprint density at radius 1 is 1.04 bits per heavy atom. The summed E-state index contributed by atoms with van der Waals surface area (Å²) in [4.78, 5) is 28.6. The van der Waals surface area contributed by atoms with Crippen molar-refractivity contribution in [3.05, 3.63) is 76.7 Å². The van der Waals surface area contributed by atoms with E-state index in [-0.39, 0.29) is 17.8 Å². The predicted octanol–water partition coefficient (Wildman–Crippen LogP) is 3.13. The number of hydrogen-bond donors (Lipinski definition) is 1. The van der Waals surface area contributed by atoms with Gasteiger partial charge in [0.15, 0.2) is 0 Å². The van der Waals surface area contributed by atoms with E-state index in [0.717, 1.165) is 11.3 Å². The number of urea groups is 1. The van der Waals surface area contributed by atoms with Crippen LogP contribution in [-0.2, 0) is 4.79 Å². The van der Waals surface area contributed by atoms with Crippen molar-refractivity contribution >= 4 is 17.6 Å². The molecular weight excluding hydrogens is 333 g/mol. The largest absolute Gasteiger partial charge is 0.327 e. The molecular formula is C20H18FN3O2. The lowest BCUT2D eigenvalue weighted by atomic mass is 9.96. The van der Waals surface area contributed by atoms with Gasteiger partial charge in [-0.1, -0.05) is 29.8 Å². The number of likely N-dealkylation sites (N-methyl/N-ethyl adjacent to an activating group) is 1. The molecule has 26 heavy (non-hydrogen) atoms. The third kappa shape index (κ3) is 2.54. The highest BCUT2D eigenvalue weighted by atomic mass is 19.1. The molecule has 0 radical (unpaired) electrons. The smallest absolute Gasteiger partial charge is 0.322 e. The molecule has 2 aromatic carbocycles. The zero-order valence-electron chi connectivity index (χ0n) is 14.5. The molecule has 2 aliphatic heterocycles. The van der Waals surface area contributed by atoms with E-state index in [0.29, 0.717) is 23.4 Å². The number of nitrogens with one attached hydrogen (secondary N) is 1. The normalized spacial score (nSPS) is 19.7. The topological polar surface area (TPSA) is 52.7 Å². The Morgan fingerprint density at radius 3 is 2.35 bits per heavy atom. The molecule has 2 aromatic rings. The highest BCUT2D eigenvalue weighted by Crippen LogP contribution is 2.37. The van der Waals surface area contributed by atoms with Crippen molar-refractivity contribution in [3.63, 3.8) is 0 Å². The Labute approximate surface area is 150 Å². The minimum atomic E-state index is -0.586. The van der Waals surface area contributed by atoms with E-state index in [9.17, 15) is 14.0 Å². The second kappa shape index (κ2) is 5.98. The molecule has 0 aromatic heterocycles. The quantitative estimate of drug-likeness (QED) is 0.904. The monoisotopic (exact) mass is 351 g/mol. The first-order valence-electron chi connectivity index (χ1n) is 8.37. The van der Waals surface area contributed by atoms with Crippen molar-refractivity contribution < 1.29 is 14.0 Å². The number of carbonyl (C=O) groups is 2. The average Bonchev–Trinajstić information content (AvgIpc) is 2.97. The number of carbonyl (C=O) groups excluding carboxylic acids is 2. The van der Waals surface area contributed by atoms with Gasteiger partial charge in [-0.25, -0.2) is 9.18 Å². The second-order valence-corrected chi connectivity index (χ2v) is 6.58. The summed E-state index contributed by atoms with van der Waals surface area (Å²) in [6.45, 7) is 2.32. The molecule has 6 heteroatoms. The molecule has 0 spiro atoms. The van der Waals surface area contributed by atoms with Crippen molar-refractivity contribution in [2.75, 3.05) is 18.5 Å². The predicted molar refractivity (Wildman–Crippen MR) is 96.0 cm³/mol. The van der Waals surface area contributed by atoms with E-state index in [1.54, 1.807) is 24.1 Å². The molecule has 132 valence electrons. The fourth-order valence-corrected chi connectivity index (χ4v) is 3.41. The van der Waals surface area contributed by atoms with Gasteiger partial charge < -0.3 is 10.2 Å². The number of amides is 3. The molecule has 1 N–H and O–H groups in total. The van der Waals surface area contributed by atoms with Gasteiger partial charge in [-0.3, -0.25) is 9.69 Å². The molecule has 0 saturated carbocycles. The van der Waals surface area contributed by atoms with E-state index in [4.69, 9.17) is 0 Å². The first kappa shape index (κ1) is 16.3. The van der Waals surface area contributed by atoms with Crippen LogP contribution in [0.1, 0.15) is 17.2 Å². The maximum absolute atomic E-state index is 13.3. The van der Waals surface area contributed by atoms with Crippen LogP contribution in [0, 0.1) is 12.7 Å². The molecule has 0 fully saturated rings. The maximum Gasteiger partial charge on any atom is 0.322 e. The number of anilines is 1. The average molecular weight is 351 g/mol. The standard InChI is InChI=1S/C20H18FN3O2/c1-12-3-9-15(10-4-12)24-11-16-17(19(24)25)18(22-20(26)23(16)2)13-5-7-14(21)8-6-13/h3-10,18H,11H2,1-2H3,(H,22,26). The number of halogens is 1. The van der Waals surface area contributed by atoms with Crippen LogP contribution in [0.3, 0.4) is 0 Å². The highest BCUT2D eigenvalue weighted by molar-refractivity contribution is 6.11. The van der Waals surface area contributed by atoms with Gasteiger partial charge in [0.1, 0.15) is 5.82 Å². The highest BCUT2D eigenvalue weighted by Gasteiger charge is 2.43. The SMILES string of the molecule is Cc1ccc(N2CC3=C(C2=O)C(c2ccc(F)cc2)NC(=O)N3C)cc1. The van der Waals surface area contributed by atoms with Crippen molar-refractivity contribution in [2.45, 2.75) is 13.0 Å². The number of hydrogen-bond acceptors (Lipinski definition) is 2. The number of benzene rings is 2. The van der Waals surface area contributed by atoms with E-state index < -0.39 is 6.04 Å². The molecule has 0 aliphatic carbocycles. The summed E-state index contributed by atoms with van der Waals surface area (Å²) < 4.78 is 13.3. The van der Waals surface area contributed by atoms with Crippen molar-refractivity contribution in [3.8, 4) is 0 Å². The van der Waals surface area contributed by atoms with E-state index >= 15 is 0 Å². The van der Waals surface area contributed by atoms with Gasteiger partial charge in [0.05, 0.1) is 23.9 Å². The zero-order valence-corrected chi connectivity index (χ0v) is 14.5. The maximum atomic E-state index is 13.3. The summed E-state index contributed by atoms with van der Waals surface area (Å²) in [6, 6.07) is 12.7. The van der Waals surface area contributed by atoms with Crippen molar-refractivity contribution in [1.82, 2.24) is 10.2 Å². The minimum Gasteiger partial charge on any atom is -0.327 e. The Bertz CT molecular complexity index is 919. The van der Waals surface area contributed by atoms with Crippen LogP contribution in [0.25, 0.3) is 0 Å². The van der Waals surface area contributed by atoms with Crippen molar-refractivity contribution in [1.29, 1.82) is 0 Å². The fourth-order valence-electron chi connectivity index (χ4n) is 3.41. The summed E-state index contributed by atoms with van der Waals surface area (Å²) >= 11 is 0. The molecule has 5 nitrogen and oxygen atoms in total. The fraction of sp³-hybridized carbons (Fsp3) is 0.200. The van der Waals surface area contributed by atoms with Crippen LogP contribution in [0.5, 0.6) is 0 Å². The molecule has 1 unspecified atom stereocenters. The lowest BCUT2D eigenvalue weighted by Gasteiger charge is -2.31. The number of aryl methyl sites for hydroxylation is 1. The molecule has 2 heterocycles. The zero-order chi connectivity index (χ0) is 18.4. The third-order valence-corrected chi connectivity index (χ3v) is 4.91. The Balaban J connectivity index is 1.75. The van der Waals surface area contributed by atoms with Crippen LogP contribution >= 0.6 is 0 Å². The molecule has 4 rings (SSSR count). The van der Waals surface area contributed by atoms with Gasteiger partial charge in [0, 0.05) is 12.7 Å². The van der Waals surface area contributed by atoms with E-state index in [1.165, 1.54) is 17.0 Å². The van der Waals surface area contributed by atoms with Gasteiger partial charge in [-0.05, 0) is 36.8 Å². The van der Waals surface area contributed by atoms with Gasteiger partial charge in [0.2, 0.25) is 0 Å². The molecule has 1 atom stereocenters. The van der Waals surface area contributed by atoms with Crippen LogP contribution in [0.15, 0.2) is 59.8 Å². The summed E-state index contributed by atoms with van der Waals surface area (Å²) in [6.07, 6.45) is 0. The molecule has 0 saturated heterocycles. The van der Waals surface area contributed by atoms with Gasteiger partial charge in [0.25, 0.3) is 5.91 Å². The van der Waals surface area contributed by atoms with E-state index in [2.05, 4.69) is 5.32 Å². The van der Waals surface area contributed by atoms with Crippen LogP contribution in [0.4, 0.5) is 14.9 Å². The lowest BCUT2D eigenvalue weighted by Crippen LogP contribution is -2.45. The summed E-state index contributed by atoms with van der Waals surface area (Å²) in [5.41, 5.74) is 3.78. The Hall–Kier alpha value is -3.15. The van der Waals surface area contributed by atoms with E-state index in [1.807, 2.05) is 31.2 Å². The first-order valence-corrected chi connectivity index (χ1v) is 8.37. The number of nitrogens with zero attached hydrogens (tertiary/aromatic N) is 2. The summed E-state index contributed by atoms with van der Waals surface area (Å²) in [5, 5.41) is 2.84. The Kier molecular flexibility index (Phi) is 3.76. The van der Waals surface area contributed by atoms with Crippen LogP contribution < -0.4 is 10.2 Å². The summed E-state index contributed by atoms with van der Waals surface area (Å²) in [5.74, 6) is -0.508. The van der Waals surface area contributed by atoms with Gasteiger partial charge in [-0.15, -0.1) is 0 Å². The minimum absolute atomic E-state index is 0.148. The number of rotatable bonds is 2. The summed E-state index contributed by atoms with van der Waals surface area (Å²) in [7, 11) is 1.65. The Morgan fingerprint density at radius 2 is 1.69 bits per heavy atom. The molecule has 2 aliphatic rings. The second-order valence-electron chi connectivity index (χ2n) is 6.58. The van der Waals surface area contributed by atoms with Crippen LogP contribution in [0.2, 0.25) is 0 Å².